The number of rotatable bonds is 6. The summed E-state index contributed by atoms with van der Waals surface area (Å²) in [5, 5.41) is 8.68. The van der Waals surface area contributed by atoms with Crippen molar-refractivity contribution in [2.75, 3.05) is 7.05 Å². The van der Waals surface area contributed by atoms with Crippen molar-refractivity contribution in [2.45, 2.75) is 26.3 Å². The lowest BCUT2D eigenvalue weighted by Gasteiger charge is -2.16. The van der Waals surface area contributed by atoms with Gasteiger partial charge < -0.3 is 13.7 Å². The van der Waals surface area contributed by atoms with E-state index in [2.05, 4.69) is 10.2 Å². The first kappa shape index (κ1) is 17.2. The lowest BCUT2D eigenvalue weighted by atomic mass is 10.2. The second-order valence-corrected chi connectivity index (χ2v) is 6.20. The Balaban J connectivity index is 1.54. The van der Waals surface area contributed by atoms with E-state index in [9.17, 15) is 4.79 Å². The highest BCUT2D eigenvalue weighted by molar-refractivity contribution is 6.30. The molecule has 0 bridgehead atoms. The van der Waals surface area contributed by atoms with Gasteiger partial charge in [0.1, 0.15) is 5.76 Å². The van der Waals surface area contributed by atoms with Crippen LogP contribution in [0.5, 0.6) is 0 Å². The first-order valence-electron chi connectivity index (χ1n) is 7.88. The molecule has 3 rings (SSSR count). The van der Waals surface area contributed by atoms with Gasteiger partial charge in [0.2, 0.25) is 11.8 Å². The third-order valence-corrected chi connectivity index (χ3v) is 4.12. The lowest BCUT2D eigenvalue weighted by Crippen LogP contribution is -2.26. The summed E-state index contributed by atoms with van der Waals surface area (Å²) in [7, 11) is 1.77. The number of carbonyl (C=O) groups is 1. The molecule has 0 atom stereocenters. The van der Waals surface area contributed by atoms with Crippen molar-refractivity contribution >= 4 is 17.5 Å². The number of hydrogen-bond donors (Lipinski definition) is 0. The number of aromatic nitrogens is 2. The van der Waals surface area contributed by atoms with Crippen LogP contribution in [0.25, 0.3) is 11.5 Å². The van der Waals surface area contributed by atoms with Gasteiger partial charge >= 0.3 is 0 Å². The number of carbonyl (C=O) groups excluding carboxylic acids is 1. The average molecular weight is 360 g/mol. The Morgan fingerprint density at radius 1 is 1.20 bits per heavy atom. The van der Waals surface area contributed by atoms with Crippen molar-refractivity contribution in [3.63, 3.8) is 0 Å². The zero-order valence-electron chi connectivity index (χ0n) is 14.0. The molecule has 0 saturated carbocycles. The molecule has 3 aromatic rings. The molecule has 0 aliphatic carbocycles. The Labute approximate surface area is 150 Å². The van der Waals surface area contributed by atoms with Gasteiger partial charge in [-0.15, -0.1) is 10.2 Å². The fourth-order valence-electron chi connectivity index (χ4n) is 2.43. The number of benzene rings is 1. The van der Waals surface area contributed by atoms with Crippen molar-refractivity contribution in [1.82, 2.24) is 15.1 Å². The van der Waals surface area contributed by atoms with Crippen LogP contribution in [0, 0.1) is 6.92 Å². The number of amides is 1. The fraction of sp³-hybridized carbons (Fsp3) is 0.278. The summed E-state index contributed by atoms with van der Waals surface area (Å²) in [6, 6.07) is 9.21. The highest BCUT2D eigenvalue weighted by atomic mass is 35.5. The number of hydrogen-bond acceptors (Lipinski definition) is 5. The average Bonchev–Trinajstić information content (AvgIpc) is 3.23. The second kappa shape index (κ2) is 7.53. The first-order chi connectivity index (χ1) is 12.0. The summed E-state index contributed by atoms with van der Waals surface area (Å²) in [6.07, 6.45) is 2.27. The zero-order valence-corrected chi connectivity index (χ0v) is 14.8. The van der Waals surface area contributed by atoms with E-state index in [0.717, 1.165) is 11.1 Å². The Morgan fingerprint density at radius 2 is 1.96 bits per heavy atom. The van der Waals surface area contributed by atoms with Gasteiger partial charge in [-0.25, -0.2) is 0 Å². The molecule has 0 aliphatic rings. The molecule has 7 heteroatoms. The minimum atomic E-state index is 0.00851. The maximum atomic E-state index is 12.3. The molecular weight excluding hydrogens is 342 g/mol. The van der Waals surface area contributed by atoms with Crippen LogP contribution < -0.4 is 0 Å². The molecule has 6 nitrogen and oxygen atoms in total. The second-order valence-electron chi connectivity index (χ2n) is 5.77. The van der Waals surface area contributed by atoms with E-state index in [-0.39, 0.29) is 5.91 Å². The Morgan fingerprint density at radius 3 is 2.64 bits per heavy atom. The van der Waals surface area contributed by atoms with E-state index in [4.69, 9.17) is 20.4 Å². The van der Waals surface area contributed by atoms with Crippen LogP contribution in [0.15, 0.2) is 45.4 Å². The van der Waals surface area contributed by atoms with Gasteiger partial charge in [-0.3, -0.25) is 4.79 Å². The van der Waals surface area contributed by atoms with E-state index < -0.39 is 0 Å². The van der Waals surface area contributed by atoms with Gasteiger partial charge in [-0.05, 0) is 30.7 Å². The van der Waals surface area contributed by atoms with Gasteiger partial charge in [0.15, 0.2) is 0 Å². The zero-order chi connectivity index (χ0) is 17.8. The molecule has 130 valence electrons. The number of aryl methyl sites for hydroxylation is 2. The summed E-state index contributed by atoms with van der Waals surface area (Å²) in [5.41, 5.74) is 1.79. The van der Waals surface area contributed by atoms with Crippen LogP contribution in [0.1, 0.15) is 23.6 Å². The topological polar surface area (TPSA) is 72.4 Å². The van der Waals surface area contributed by atoms with Gasteiger partial charge in [-0.2, -0.15) is 0 Å². The van der Waals surface area contributed by atoms with Crippen LogP contribution >= 0.6 is 11.6 Å². The Bertz CT molecular complexity index is 855. The van der Waals surface area contributed by atoms with Crippen LogP contribution in [-0.2, 0) is 17.8 Å². The summed E-state index contributed by atoms with van der Waals surface area (Å²) >= 11 is 5.87. The lowest BCUT2D eigenvalue weighted by molar-refractivity contribution is -0.130. The third kappa shape index (κ3) is 4.28. The SMILES string of the molecule is Cc1occc1-c1nnc(CCC(=O)N(C)Cc2ccc(Cl)cc2)o1. The minimum absolute atomic E-state index is 0.00851. The van der Waals surface area contributed by atoms with Crippen molar-refractivity contribution in [3.8, 4) is 11.5 Å². The highest BCUT2D eigenvalue weighted by Crippen LogP contribution is 2.23. The van der Waals surface area contributed by atoms with Crippen LogP contribution in [0.2, 0.25) is 5.02 Å². The summed E-state index contributed by atoms with van der Waals surface area (Å²) in [4.78, 5) is 13.9. The normalized spacial score (nSPS) is 10.8. The third-order valence-electron chi connectivity index (χ3n) is 3.87. The van der Waals surface area contributed by atoms with Crippen LogP contribution in [0.4, 0.5) is 0 Å². The number of furan rings is 1. The molecule has 1 aromatic carbocycles. The molecule has 0 N–H and O–H groups in total. The molecule has 0 radical (unpaired) electrons. The summed E-state index contributed by atoms with van der Waals surface area (Å²) < 4.78 is 10.8. The molecule has 25 heavy (non-hydrogen) atoms. The molecule has 2 aromatic heterocycles. The predicted octanol–water partition coefficient (Wildman–Crippen LogP) is 3.88. The van der Waals surface area contributed by atoms with E-state index in [1.54, 1.807) is 24.3 Å². The largest absolute Gasteiger partial charge is 0.469 e. The maximum Gasteiger partial charge on any atom is 0.251 e. The quantitative estimate of drug-likeness (QED) is 0.667. The van der Waals surface area contributed by atoms with Crippen molar-refractivity contribution < 1.29 is 13.6 Å². The molecular formula is C18H18ClN3O3. The van der Waals surface area contributed by atoms with Crippen LogP contribution in [0.3, 0.4) is 0 Å². The van der Waals surface area contributed by atoms with Gasteiger partial charge in [0.25, 0.3) is 5.89 Å². The Hall–Kier alpha value is -2.60. The predicted molar refractivity (Wildman–Crippen MR) is 93.0 cm³/mol. The van der Waals surface area contributed by atoms with E-state index >= 15 is 0 Å². The summed E-state index contributed by atoms with van der Waals surface area (Å²) in [6.45, 7) is 2.35. The molecule has 2 heterocycles. The van der Waals surface area contributed by atoms with Gasteiger partial charge in [0, 0.05) is 31.5 Å². The van der Waals surface area contributed by atoms with Crippen molar-refractivity contribution in [1.29, 1.82) is 0 Å². The smallest absolute Gasteiger partial charge is 0.251 e. The van der Waals surface area contributed by atoms with Crippen molar-refractivity contribution in [2.24, 2.45) is 0 Å². The fourth-order valence-corrected chi connectivity index (χ4v) is 2.55. The molecule has 0 fully saturated rings. The molecule has 0 spiro atoms. The van der Waals surface area contributed by atoms with Crippen molar-refractivity contribution in [3.05, 3.63) is 58.8 Å². The number of nitrogens with zero attached hydrogens (tertiary/aromatic N) is 3. The van der Waals surface area contributed by atoms with E-state index in [1.165, 1.54) is 0 Å². The highest BCUT2D eigenvalue weighted by Gasteiger charge is 2.15. The monoisotopic (exact) mass is 359 g/mol. The Kier molecular flexibility index (Phi) is 5.19. The molecule has 0 unspecified atom stereocenters. The maximum absolute atomic E-state index is 12.3. The standard InChI is InChI=1S/C18H18ClN3O3/c1-12-15(9-10-24-12)18-21-20-16(25-18)7-8-17(23)22(2)11-13-3-5-14(19)6-4-13/h3-6,9-10H,7-8,11H2,1-2H3. The molecule has 0 aliphatic heterocycles. The first-order valence-corrected chi connectivity index (χ1v) is 8.26. The number of halogens is 1. The van der Waals surface area contributed by atoms with E-state index in [0.29, 0.717) is 42.0 Å². The summed E-state index contributed by atoms with van der Waals surface area (Å²) in [5.74, 6) is 1.57. The van der Waals surface area contributed by atoms with Crippen LogP contribution in [-0.4, -0.2) is 28.1 Å². The minimum Gasteiger partial charge on any atom is -0.469 e. The molecule has 1 amide bonds. The van der Waals surface area contributed by atoms with Gasteiger partial charge in [0.05, 0.1) is 11.8 Å². The van der Waals surface area contributed by atoms with Gasteiger partial charge in [-0.1, -0.05) is 23.7 Å². The molecule has 0 saturated heterocycles. The van der Waals surface area contributed by atoms with E-state index in [1.807, 2.05) is 31.2 Å².